The van der Waals surface area contributed by atoms with E-state index in [0.717, 1.165) is 0 Å². The van der Waals surface area contributed by atoms with Gasteiger partial charge in [-0.2, -0.15) is 0 Å². The van der Waals surface area contributed by atoms with Crippen LogP contribution in [0.4, 0.5) is 0 Å². The quantitative estimate of drug-likeness (QED) is 0.705. The average Bonchev–Trinajstić information content (AvgIpc) is 2.15. The maximum Gasteiger partial charge on any atom is 0.253 e. The Hall–Kier alpha value is -1.09. The zero-order chi connectivity index (χ0) is 10.7. The third kappa shape index (κ3) is 2.45. The van der Waals surface area contributed by atoms with Gasteiger partial charge in [0.2, 0.25) is 0 Å². The van der Waals surface area contributed by atoms with E-state index in [4.69, 9.17) is 11.6 Å². The number of amides is 1. The molecule has 0 fully saturated rings. The Bertz CT molecular complexity index is 339. The van der Waals surface area contributed by atoms with E-state index in [2.05, 4.69) is 4.98 Å². The van der Waals surface area contributed by atoms with Crippen LogP contribution in [-0.2, 0) is 0 Å². The number of pyridine rings is 1. The molecule has 0 bridgehead atoms. The highest BCUT2D eigenvalue weighted by atomic mass is 35.5. The lowest BCUT2D eigenvalue weighted by Crippen LogP contribution is -2.32. The van der Waals surface area contributed by atoms with E-state index in [1.165, 1.54) is 6.20 Å². The largest absolute Gasteiger partial charge is 0.339 e. The maximum absolute atomic E-state index is 11.8. The lowest BCUT2D eigenvalue weighted by molar-refractivity contribution is 0.0755. The van der Waals surface area contributed by atoms with E-state index in [0.29, 0.717) is 10.7 Å². The van der Waals surface area contributed by atoms with E-state index < -0.39 is 0 Å². The first-order valence-electron chi connectivity index (χ1n) is 4.41. The van der Waals surface area contributed by atoms with Crippen molar-refractivity contribution in [2.24, 2.45) is 0 Å². The molecule has 0 N–H and O–H groups in total. The maximum atomic E-state index is 11.8. The number of rotatable bonds is 2. The van der Waals surface area contributed by atoms with E-state index in [-0.39, 0.29) is 11.9 Å². The summed E-state index contributed by atoms with van der Waals surface area (Å²) in [4.78, 5) is 17.3. The zero-order valence-corrected chi connectivity index (χ0v) is 9.25. The zero-order valence-electron chi connectivity index (χ0n) is 8.49. The number of aromatic nitrogens is 1. The minimum absolute atomic E-state index is 0.0377. The smallest absolute Gasteiger partial charge is 0.253 e. The second kappa shape index (κ2) is 4.42. The Morgan fingerprint density at radius 1 is 1.57 bits per heavy atom. The summed E-state index contributed by atoms with van der Waals surface area (Å²) in [5.74, 6) is -0.0377. The summed E-state index contributed by atoms with van der Waals surface area (Å²) in [6.07, 6.45) is 1.53. The first-order valence-corrected chi connectivity index (χ1v) is 4.79. The number of carbonyl (C=O) groups excluding carboxylic acids is 1. The predicted octanol–water partition coefficient (Wildman–Crippen LogP) is 2.22. The van der Waals surface area contributed by atoms with Crippen molar-refractivity contribution in [2.45, 2.75) is 19.9 Å². The average molecular weight is 213 g/mol. The van der Waals surface area contributed by atoms with Crippen LogP contribution in [0.3, 0.4) is 0 Å². The van der Waals surface area contributed by atoms with Gasteiger partial charge < -0.3 is 4.90 Å². The molecule has 76 valence electrons. The van der Waals surface area contributed by atoms with Gasteiger partial charge >= 0.3 is 0 Å². The van der Waals surface area contributed by atoms with Crippen LogP contribution in [-0.4, -0.2) is 28.9 Å². The van der Waals surface area contributed by atoms with Crippen molar-refractivity contribution in [3.8, 4) is 0 Å². The van der Waals surface area contributed by atoms with Crippen LogP contribution in [0.1, 0.15) is 24.2 Å². The lowest BCUT2D eigenvalue weighted by Gasteiger charge is -2.21. The Labute approximate surface area is 88.7 Å². The molecule has 0 unspecified atom stereocenters. The first kappa shape index (κ1) is 11.0. The molecule has 0 saturated carbocycles. The van der Waals surface area contributed by atoms with Crippen molar-refractivity contribution in [3.05, 3.63) is 29.0 Å². The van der Waals surface area contributed by atoms with Crippen LogP contribution >= 0.6 is 11.6 Å². The summed E-state index contributed by atoms with van der Waals surface area (Å²) >= 11 is 5.69. The molecule has 0 atom stereocenters. The van der Waals surface area contributed by atoms with Gasteiger partial charge in [0, 0.05) is 24.8 Å². The molecule has 0 aliphatic carbocycles. The van der Waals surface area contributed by atoms with Crippen LogP contribution in [0.5, 0.6) is 0 Å². The molecule has 1 rings (SSSR count). The molecule has 1 amide bonds. The third-order valence-electron chi connectivity index (χ3n) is 2.07. The monoisotopic (exact) mass is 212 g/mol. The second-order valence-electron chi connectivity index (χ2n) is 3.38. The Morgan fingerprint density at radius 2 is 2.21 bits per heavy atom. The van der Waals surface area contributed by atoms with Crippen LogP contribution in [0.2, 0.25) is 5.15 Å². The fraction of sp³-hybridized carbons (Fsp3) is 0.400. The normalized spacial score (nSPS) is 10.4. The van der Waals surface area contributed by atoms with Gasteiger partial charge in [0.25, 0.3) is 5.91 Å². The number of carbonyl (C=O) groups is 1. The van der Waals surface area contributed by atoms with E-state index >= 15 is 0 Å². The van der Waals surface area contributed by atoms with Gasteiger partial charge in [-0.05, 0) is 26.0 Å². The van der Waals surface area contributed by atoms with Crippen LogP contribution in [0.25, 0.3) is 0 Å². The number of nitrogens with zero attached hydrogens (tertiary/aromatic N) is 2. The number of hydrogen-bond donors (Lipinski definition) is 0. The standard InChI is InChI=1S/C10H13ClN2O/c1-7(2)13(3)10(14)8-4-5-12-9(11)6-8/h4-7H,1-3H3. The van der Waals surface area contributed by atoms with Gasteiger partial charge in [0.05, 0.1) is 0 Å². The van der Waals surface area contributed by atoms with Crippen molar-refractivity contribution in [3.63, 3.8) is 0 Å². The Kier molecular flexibility index (Phi) is 3.47. The van der Waals surface area contributed by atoms with Crippen LogP contribution in [0.15, 0.2) is 18.3 Å². The molecule has 0 saturated heterocycles. The van der Waals surface area contributed by atoms with Gasteiger partial charge in [0.15, 0.2) is 0 Å². The summed E-state index contributed by atoms with van der Waals surface area (Å²) in [7, 11) is 1.77. The van der Waals surface area contributed by atoms with Gasteiger partial charge in [-0.15, -0.1) is 0 Å². The van der Waals surface area contributed by atoms with E-state index in [9.17, 15) is 4.79 Å². The molecule has 14 heavy (non-hydrogen) atoms. The topological polar surface area (TPSA) is 33.2 Å². The predicted molar refractivity (Wildman–Crippen MR) is 56.5 cm³/mol. The molecular weight excluding hydrogens is 200 g/mol. The number of halogens is 1. The molecule has 4 heteroatoms. The van der Waals surface area contributed by atoms with E-state index in [1.54, 1.807) is 24.1 Å². The minimum Gasteiger partial charge on any atom is -0.339 e. The van der Waals surface area contributed by atoms with Gasteiger partial charge in [-0.3, -0.25) is 4.79 Å². The molecule has 1 heterocycles. The fourth-order valence-electron chi connectivity index (χ4n) is 0.974. The summed E-state index contributed by atoms with van der Waals surface area (Å²) in [6.45, 7) is 3.92. The first-order chi connectivity index (χ1) is 6.52. The van der Waals surface area contributed by atoms with Crippen molar-refractivity contribution >= 4 is 17.5 Å². The summed E-state index contributed by atoms with van der Waals surface area (Å²) in [5.41, 5.74) is 0.571. The van der Waals surface area contributed by atoms with Crippen LogP contribution in [0, 0.1) is 0 Å². The molecular formula is C10H13ClN2O. The SMILES string of the molecule is CC(C)N(C)C(=O)c1ccnc(Cl)c1. The van der Waals surface area contributed by atoms with Gasteiger partial charge in [-0.1, -0.05) is 11.6 Å². The highest BCUT2D eigenvalue weighted by Crippen LogP contribution is 2.10. The molecule has 0 aliphatic rings. The van der Waals surface area contributed by atoms with Crippen molar-refractivity contribution in [1.82, 2.24) is 9.88 Å². The summed E-state index contributed by atoms with van der Waals surface area (Å²) in [5, 5.41) is 0.341. The highest BCUT2D eigenvalue weighted by molar-refractivity contribution is 6.29. The molecule has 1 aromatic heterocycles. The van der Waals surface area contributed by atoms with Gasteiger partial charge in [0.1, 0.15) is 5.15 Å². The molecule has 0 radical (unpaired) electrons. The van der Waals surface area contributed by atoms with E-state index in [1.807, 2.05) is 13.8 Å². The van der Waals surface area contributed by atoms with Gasteiger partial charge in [-0.25, -0.2) is 4.98 Å². The minimum atomic E-state index is -0.0377. The molecule has 0 aromatic carbocycles. The lowest BCUT2D eigenvalue weighted by atomic mass is 10.2. The molecule has 3 nitrogen and oxygen atoms in total. The fourth-order valence-corrected chi connectivity index (χ4v) is 1.15. The van der Waals surface area contributed by atoms with Crippen molar-refractivity contribution < 1.29 is 4.79 Å². The van der Waals surface area contributed by atoms with Crippen molar-refractivity contribution in [1.29, 1.82) is 0 Å². The van der Waals surface area contributed by atoms with Crippen LogP contribution < -0.4 is 0 Å². The number of hydrogen-bond acceptors (Lipinski definition) is 2. The summed E-state index contributed by atoms with van der Waals surface area (Å²) in [6, 6.07) is 3.41. The molecule has 0 spiro atoms. The third-order valence-corrected chi connectivity index (χ3v) is 2.28. The highest BCUT2D eigenvalue weighted by Gasteiger charge is 2.14. The van der Waals surface area contributed by atoms with Crippen molar-refractivity contribution in [2.75, 3.05) is 7.05 Å². The Morgan fingerprint density at radius 3 is 2.71 bits per heavy atom. The Balaban J connectivity index is 2.89. The molecule has 1 aromatic rings. The summed E-state index contributed by atoms with van der Waals surface area (Å²) < 4.78 is 0. The second-order valence-corrected chi connectivity index (χ2v) is 3.76. The molecule has 0 aliphatic heterocycles.